The molecule has 0 saturated carbocycles. The third-order valence-electron chi connectivity index (χ3n) is 3.78. The Morgan fingerprint density at radius 3 is 2.33 bits per heavy atom. The van der Waals surface area contributed by atoms with Gasteiger partial charge in [0.2, 0.25) is 0 Å². The van der Waals surface area contributed by atoms with Gasteiger partial charge in [0.05, 0.1) is 12.1 Å². The molecule has 2 atom stereocenters. The van der Waals surface area contributed by atoms with Gasteiger partial charge in [0.1, 0.15) is 5.82 Å². The van der Waals surface area contributed by atoms with E-state index in [1.807, 2.05) is 43.1 Å². The molecule has 0 spiro atoms. The van der Waals surface area contributed by atoms with Crippen molar-refractivity contribution in [1.29, 1.82) is 0 Å². The molecule has 0 bridgehead atoms. The molecule has 0 saturated heterocycles. The van der Waals surface area contributed by atoms with Crippen LogP contribution >= 0.6 is 15.9 Å². The maximum atomic E-state index is 13.9. The van der Waals surface area contributed by atoms with Crippen molar-refractivity contribution in [2.45, 2.75) is 26.0 Å². The monoisotopic (exact) mass is 351 g/mol. The zero-order chi connectivity index (χ0) is 15.6. The molecule has 0 fully saturated rings. The van der Waals surface area contributed by atoms with Crippen molar-refractivity contribution in [3.05, 3.63) is 63.9 Å². The molecule has 0 aromatic heterocycles. The highest BCUT2D eigenvalue weighted by atomic mass is 79.9. The van der Waals surface area contributed by atoms with Crippen molar-refractivity contribution < 1.29 is 9.50 Å². The maximum Gasteiger partial charge on any atom is 0.128 e. The first-order valence-corrected chi connectivity index (χ1v) is 7.66. The second kappa shape index (κ2) is 6.58. The van der Waals surface area contributed by atoms with Crippen molar-refractivity contribution in [3.8, 4) is 0 Å². The van der Waals surface area contributed by atoms with Gasteiger partial charge in [-0.1, -0.05) is 40.2 Å². The molecule has 21 heavy (non-hydrogen) atoms. The summed E-state index contributed by atoms with van der Waals surface area (Å²) >= 11 is 3.48. The van der Waals surface area contributed by atoms with Gasteiger partial charge in [-0.25, -0.2) is 4.39 Å². The van der Waals surface area contributed by atoms with Gasteiger partial charge in [0, 0.05) is 22.8 Å². The Morgan fingerprint density at radius 1 is 1.10 bits per heavy atom. The first-order valence-electron chi connectivity index (χ1n) is 6.86. The third kappa shape index (κ3) is 3.44. The van der Waals surface area contributed by atoms with Gasteiger partial charge in [-0.15, -0.1) is 0 Å². The molecule has 112 valence electrons. The van der Waals surface area contributed by atoms with Gasteiger partial charge in [-0.3, -0.25) is 0 Å². The highest BCUT2D eigenvalue weighted by molar-refractivity contribution is 9.10. The van der Waals surface area contributed by atoms with Crippen LogP contribution in [0.1, 0.15) is 37.1 Å². The topological polar surface area (TPSA) is 23.5 Å². The number of nitrogens with zero attached hydrogens (tertiary/aromatic N) is 1. The van der Waals surface area contributed by atoms with E-state index in [1.165, 1.54) is 6.07 Å². The molecular weight excluding hydrogens is 333 g/mol. The lowest BCUT2D eigenvalue weighted by molar-refractivity contribution is 0.198. The van der Waals surface area contributed by atoms with Crippen LogP contribution in [0.5, 0.6) is 0 Å². The third-order valence-corrected chi connectivity index (χ3v) is 4.46. The average molecular weight is 352 g/mol. The van der Waals surface area contributed by atoms with Crippen LogP contribution in [0.2, 0.25) is 0 Å². The maximum absolute atomic E-state index is 13.9. The molecule has 2 rings (SSSR count). The summed E-state index contributed by atoms with van der Waals surface area (Å²) in [6.45, 7) is 3.69. The number of aliphatic hydroxyl groups is 1. The fraction of sp³-hybridized carbons (Fsp3) is 0.294. The molecule has 2 aromatic carbocycles. The largest absolute Gasteiger partial charge is 0.389 e. The predicted molar refractivity (Wildman–Crippen MR) is 88.0 cm³/mol. The number of halogens is 2. The zero-order valence-corrected chi connectivity index (χ0v) is 13.9. The Hall–Kier alpha value is -1.39. The van der Waals surface area contributed by atoms with Gasteiger partial charge >= 0.3 is 0 Å². The quantitative estimate of drug-likeness (QED) is 0.851. The molecule has 0 amide bonds. The van der Waals surface area contributed by atoms with Gasteiger partial charge in [-0.05, 0) is 37.6 Å². The number of hydrogen-bond acceptors (Lipinski definition) is 2. The van der Waals surface area contributed by atoms with E-state index in [2.05, 4.69) is 15.9 Å². The van der Waals surface area contributed by atoms with Crippen LogP contribution < -0.4 is 4.90 Å². The highest BCUT2D eigenvalue weighted by Crippen LogP contribution is 2.32. The molecule has 0 radical (unpaired) electrons. The Kier molecular flexibility index (Phi) is 5.01. The second-order valence-electron chi connectivity index (χ2n) is 5.19. The van der Waals surface area contributed by atoms with E-state index < -0.39 is 6.10 Å². The van der Waals surface area contributed by atoms with E-state index in [4.69, 9.17) is 0 Å². The Morgan fingerprint density at radius 2 is 1.76 bits per heavy atom. The van der Waals surface area contributed by atoms with E-state index in [0.29, 0.717) is 5.56 Å². The summed E-state index contributed by atoms with van der Waals surface area (Å²) in [5.41, 5.74) is 2.46. The zero-order valence-electron chi connectivity index (χ0n) is 12.3. The van der Waals surface area contributed by atoms with E-state index in [1.54, 1.807) is 19.1 Å². The Labute approximate surface area is 133 Å². The number of anilines is 1. The first kappa shape index (κ1) is 16.0. The van der Waals surface area contributed by atoms with Crippen molar-refractivity contribution in [3.63, 3.8) is 0 Å². The molecular formula is C17H19BrFNO. The fourth-order valence-corrected chi connectivity index (χ4v) is 3.02. The lowest BCUT2D eigenvalue weighted by atomic mass is 10.1. The minimum absolute atomic E-state index is 0.0875. The molecule has 1 N–H and O–H groups in total. The van der Waals surface area contributed by atoms with Crippen molar-refractivity contribution >= 4 is 21.6 Å². The minimum Gasteiger partial charge on any atom is -0.389 e. The fourth-order valence-electron chi connectivity index (χ4n) is 2.32. The van der Waals surface area contributed by atoms with E-state index >= 15 is 0 Å². The summed E-state index contributed by atoms with van der Waals surface area (Å²) in [4.78, 5) is 2.01. The predicted octanol–water partition coefficient (Wildman–Crippen LogP) is 4.84. The van der Waals surface area contributed by atoms with Crippen molar-refractivity contribution in [2.75, 3.05) is 11.9 Å². The molecule has 0 aliphatic carbocycles. The van der Waals surface area contributed by atoms with Crippen LogP contribution in [0.3, 0.4) is 0 Å². The molecule has 0 heterocycles. The van der Waals surface area contributed by atoms with Crippen LogP contribution in [-0.4, -0.2) is 12.2 Å². The van der Waals surface area contributed by atoms with Gasteiger partial charge in [-0.2, -0.15) is 0 Å². The van der Waals surface area contributed by atoms with Gasteiger partial charge in [0.15, 0.2) is 0 Å². The van der Waals surface area contributed by atoms with Crippen LogP contribution in [0.15, 0.2) is 46.9 Å². The van der Waals surface area contributed by atoms with Crippen LogP contribution in [0, 0.1) is 5.82 Å². The summed E-state index contributed by atoms with van der Waals surface area (Å²) in [6.07, 6.45) is -0.525. The van der Waals surface area contributed by atoms with E-state index in [9.17, 15) is 9.50 Å². The van der Waals surface area contributed by atoms with Crippen LogP contribution in [-0.2, 0) is 0 Å². The van der Waals surface area contributed by atoms with E-state index in [-0.39, 0.29) is 11.9 Å². The van der Waals surface area contributed by atoms with Gasteiger partial charge in [0.25, 0.3) is 0 Å². The SMILES string of the molecule is CC(c1ccccc1F)N(C)c1ccc([C@@H](C)O)c(Br)c1. The van der Waals surface area contributed by atoms with E-state index in [0.717, 1.165) is 15.7 Å². The standard InChI is InChI=1S/C17H19BrFNO/c1-11(14-6-4-5-7-17(14)19)20(3)13-8-9-15(12(2)21)16(18)10-13/h4-12,21H,1-3H3/t11?,12-/m1/s1. The summed E-state index contributed by atoms with van der Waals surface area (Å²) in [5.74, 6) is -0.198. The lowest BCUT2D eigenvalue weighted by Crippen LogP contribution is -2.22. The Balaban J connectivity index is 2.30. The first-order chi connectivity index (χ1) is 9.91. The summed E-state index contributed by atoms with van der Waals surface area (Å²) in [7, 11) is 1.93. The summed E-state index contributed by atoms with van der Waals surface area (Å²) < 4.78 is 14.7. The van der Waals surface area contributed by atoms with Crippen LogP contribution in [0.25, 0.3) is 0 Å². The number of benzene rings is 2. The molecule has 2 aromatic rings. The highest BCUT2D eigenvalue weighted by Gasteiger charge is 2.17. The Bertz CT molecular complexity index is 630. The molecule has 4 heteroatoms. The number of aliphatic hydroxyl groups excluding tert-OH is 1. The number of hydrogen-bond donors (Lipinski definition) is 1. The smallest absolute Gasteiger partial charge is 0.128 e. The second-order valence-corrected chi connectivity index (χ2v) is 6.04. The number of rotatable bonds is 4. The molecule has 1 unspecified atom stereocenters. The summed E-state index contributed by atoms with van der Waals surface area (Å²) in [6, 6.07) is 12.5. The minimum atomic E-state index is -0.525. The average Bonchev–Trinajstić information content (AvgIpc) is 2.45. The molecule has 0 aliphatic rings. The lowest BCUT2D eigenvalue weighted by Gasteiger charge is -2.28. The van der Waals surface area contributed by atoms with Gasteiger partial charge < -0.3 is 10.0 Å². The van der Waals surface area contributed by atoms with Crippen molar-refractivity contribution in [2.24, 2.45) is 0 Å². The normalized spacial score (nSPS) is 13.8. The van der Waals surface area contributed by atoms with Crippen LogP contribution in [0.4, 0.5) is 10.1 Å². The summed E-state index contributed by atoms with van der Waals surface area (Å²) in [5, 5.41) is 9.66. The van der Waals surface area contributed by atoms with Crippen molar-refractivity contribution in [1.82, 2.24) is 0 Å². The molecule has 2 nitrogen and oxygen atoms in total. The molecule has 0 aliphatic heterocycles.